The number of benzene rings is 1. The van der Waals surface area contributed by atoms with Crippen molar-refractivity contribution in [2.75, 3.05) is 33.8 Å². The van der Waals surface area contributed by atoms with Gasteiger partial charge < -0.3 is 14.7 Å². The number of sulfonamides is 1. The minimum atomic E-state index is -3.60. The molecule has 1 heterocycles. The van der Waals surface area contributed by atoms with Crippen molar-refractivity contribution >= 4 is 10.0 Å². The van der Waals surface area contributed by atoms with Gasteiger partial charge in [0.15, 0.2) is 0 Å². The molecule has 2 rings (SSSR count). The van der Waals surface area contributed by atoms with E-state index in [1.807, 2.05) is 14.0 Å². The summed E-state index contributed by atoms with van der Waals surface area (Å²) in [5, 5.41) is 9.15. The number of hydrogen-bond acceptors (Lipinski definition) is 5. The van der Waals surface area contributed by atoms with E-state index in [1.54, 1.807) is 12.1 Å². The van der Waals surface area contributed by atoms with Gasteiger partial charge in [-0.2, -0.15) is 4.31 Å². The molecular weight excluding hydrogens is 292 g/mol. The molecule has 1 aromatic carbocycles. The molecular formula is C14H22N2O4S. The largest absolute Gasteiger partial charge is 0.495 e. The molecule has 0 aromatic heterocycles. The summed E-state index contributed by atoms with van der Waals surface area (Å²) < 4.78 is 32.4. The number of rotatable bonds is 4. The van der Waals surface area contributed by atoms with Gasteiger partial charge in [0.2, 0.25) is 10.0 Å². The Balaban J connectivity index is 2.39. The smallest absolute Gasteiger partial charge is 0.247 e. The normalized spacial score (nSPS) is 21.4. The van der Waals surface area contributed by atoms with Crippen molar-refractivity contribution in [2.24, 2.45) is 0 Å². The number of ether oxygens (including phenoxy) is 1. The molecule has 21 heavy (non-hydrogen) atoms. The van der Waals surface area contributed by atoms with Crippen LogP contribution in [0.1, 0.15) is 12.5 Å². The average molecular weight is 314 g/mol. The molecule has 1 fully saturated rings. The summed E-state index contributed by atoms with van der Waals surface area (Å²) in [6, 6.07) is 4.59. The van der Waals surface area contributed by atoms with Gasteiger partial charge in [0.25, 0.3) is 0 Å². The summed E-state index contributed by atoms with van der Waals surface area (Å²) in [5.74, 6) is 0.271. The fraction of sp³-hybridized carbons (Fsp3) is 0.571. The monoisotopic (exact) mass is 314 g/mol. The second-order valence-corrected chi connectivity index (χ2v) is 7.23. The summed E-state index contributed by atoms with van der Waals surface area (Å²) in [4.78, 5) is 2.27. The highest BCUT2D eigenvalue weighted by molar-refractivity contribution is 7.89. The Bertz CT molecular complexity index is 603. The van der Waals surface area contributed by atoms with Crippen molar-refractivity contribution in [3.05, 3.63) is 23.8 Å². The van der Waals surface area contributed by atoms with Gasteiger partial charge in [0, 0.05) is 25.7 Å². The van der Waals surface area contributed by atoms with E-state index in [0.29, 0.717) is 25.2 Å². The van der Waals surface area contributed by atoms with E-state index in [1.165, 1.54) is 17.5 Å². The van der Waals surface area contributed by atoms with Crippen LogP contribution >= 0.6 is 0 Å². The zero-order chi connectivity index (χ0) is 15.6. The van der Waals surface area contributed by atoms with E-state index in [2.05, 4.69) is 4.90 Å². The number of methoxy groups -OCH3 is 1. The third-order valence-corrected chi connectivity index (χ3v) is 5.82. The second kappa shape index (κ2) is 6.31. The third-order valence-electron chi connectivity index (χ3n) is 3.77. The third kappa shape index (κ3) is 3.21. The van der Waals surface area contributed by atoms with Crippen LogP contribution < -0.4 is 4.74 Å². The molecule has 0 spiro atoms. The zero-order valence-electron chi connectivity index (χ0n) is 12.6. The van der Waals surface area contributed by atoms with Crippen molar-refractivity contribution in [3.8, 4) is 5.75 Å². The quantitative estimate of drug-likeness (QED) is 0.877. The summed E-state index contributed by atoms with van der Waals surface area (Å²) >= 11 is 0. The SMILES string of the molecule is COc1cc(CO)ccc1S(=O)(=O)N1CCN(C)CC1C. The van der Waals surface area contributed by atoms with E-state index in [-0.39, 0.29) is 23.3 Å². The van der Waals surface area contributed by atoms with Crippen molar-refractivity contribution < 1.29 is 18.3 Å². The van der Waals surface area contributed by atoms with Gasteiger partial charge in [-0.3, -0.25) is 0 Å². The van der Waals surface area contributed by atoms with Gasteiger partial charge >= 0.3 is 0 Å². The van der Waals surface area contributed by atoms with Crippen LogP contribution in [0.25, 0.3) is 0 Å². The Morgan fingerprint density at radius 1 is 1.38 bits per heavy atom. The van der Waals surface area contributed by atoms with Gasteiger partial charge in [-0.05, 0) is 31.7 Å². The Hall–Kier alpha value is -1.15. The van der Waals surface area contributed by atoms with E-state index in [0.717, 1.165) is 0 Å². The number of nitrogens with zero attached hydrogens (tertiary/aromatic N) is 2. The lowest BCUT2D eigenvalue weighted by Crippen LogP contribution is -2.52. The highest BCUT2D eigenvalue weighted by Gasteiger charge is 2.34. The summed E-state index contributed by atoms with van der Waals surface area (Å²) in [6.07, 6.45) is 0. The van der Waals surface area contributed by atoms with E-state index < -0.39 is 10.0 Å². The molecule has 7 heteroatoms. The number of likely N-dealkylation sites (N-methyl/N-ethyl adjacent to an activating group) is 1. The molecule has 118 valence electrons. The summed E-state index contributed by atoms with van der Waals surface area (Å²) in [7, 11) is -0.186. The molecule has 1 atom stereocenters. The number of piperazine rings is 1. The summed E-state index contributed by atoms with van der Waals surface area (Å²) in [6.45, 7) is 3.63. The average Bonchev–Trinajstić information content (AvgIpc) is 2.46. The van der Waals surface area contributed by atoms with Crippen LogP contribution in [0.15, 0.2) is 23.1 Å². The lowest BCUT2D eigenvalue weighted by molar-refractivity contribution is 0.170. The van der Waals surface area contributed by atoms with E-state index in [4.69, 9.17) is 9.84 Å². The highest BCUT2D eigenvalue weighted by Crippen LogP contribution is 2.29. The molecule has 0 aliphatic carbocycles. The standard InChI is InChI=1S/C14H22N2O4S/c1-11-9-15(2)6-7-16(11)21(18,19)14-5-4-12(10-17)8-13(14)20-3/h4-5,8,11,17H,6-7,9-10H2,1-3H3. The van der Waals surface area contributed by atoms with Gasteiger partial charge in [-0.15, -0.1) is 0 Å². The number of aliphatic hydroxyl groups excluding tert-OH is 1. The molecule has 1 saturated heterocycles. The number of hydrogen-bond donors (Lipinski definition) is 1. The second-order valence-electron chi connectivity index (χ2n) is 5.37. The highest BCUT2D eigenvalue weighted by atomic mass is 32.2. The Kier molecular flexibility index (Phi) is 4.88. The first-order chi connectivity index (χ1) is 9.90. The van der Waals surface area contributed by atoms with Gasteiger partial charge in [-0.25, -0.2) is 8.42 Å². The fourth-order valence-electron chi connectivity index (χ4n) is 2.63. The molecule has 1 N–H and O–H groups in total. The van der Waals surface area contributed by atoms with Crippen LogP contribution in [-0.4, -0.2) is 62.6 Å². The first kappa shape index (κ1) is 16.2. The predicted molar refractivity (Wildman–Crippen MR) is 79.8 cm³/mol. The van der Waals surface area contributed by atoms with Gasteiger partial charge in [0.05, 0.1) is 13.7 Å². The maximum atomic E-state index is 12.8. The van der Waals surface area contributed by atoms with Gasteiger partial charge in [-0.1, -0.05) is 6.07 Å². The molecule has 1 aliphatic rings. The minimum Gasteiger partial charge on any atom is -0.495 e. The van der Waals surface area contributed by atoms with E-state index in [9.17, 15) is 8.42 Å². The number of aliphatic hydroxyl groups is 1. The van der Waals surface area contributed by atoms with Crippen molar-refractivity contribution in [2.45, 2.75) is 24.5 Å². The Morgan fingerprint density at radius 2 is 2.10 bits per heavy atom. The van der Waals surface area contributed by atoms with Crippen LogP contribution in [0.4, 0.5) is 0 Å². The minimum absolute atomic E-state index is 0.0871. The van der Waals surface area contributed by atoms with Crippen LogP contribution in [0.5, 0.6) is 5.75 Å². The molecule has 1 unspecified atom stereocenters. The Labute approximate surface area is 126 Å². The first-order valence-corrected chi connectivity index (χ1v) is 8.32. The van der Waals surface area contributed by atoms with Gasteiger partial charge in [0.1, 0.15) is 10.6 Å². The lowest BCUT2D eigenvalue weighted by atomic mass is 10.2. The molecule has 0 bridgehead atoms. The molecule has 0 radical (unpaired) electrons. The molecule has 0 amide bonds. The van der Waals surface area contributed by atoms with Crippen molar-refractivity contribution in [1.29, 1.82) is 0 Å². The van der Waals surface area contributed by atoms with Crippen LogP contribution in [0.3, 0.4) is 0 Å². The zero-order valence-corrected chi connectivity index (χ0v) is 13.4. The van der Waals surface area contributed by atoms with Crippen LogP contribution in [0.2, 0.25) is 0 Å². The Morgan fingerprint density at radius 3 is 2.67 bits per heavy atom. The summed E-state index contributed by atoms with van der Waals surface area (Å²) in [5.41, 5.74) is 0.622. The predicted octanol–water partition coefficient (Wildman–Crippen LogP) is 0.512. The topological polar surface area (TPSA) is 70.1 Å². The maximum Gasteiger partial charge on any atom is 0.247 e. The first-order valence-electron chi connectivity index (χ1n) is 6.88. The van der Waals surface area contributed by atoms with Crippen molar-refractivity contribution in [1.82, 2.24) is 9.21 Å². The maximum absolute atomic E-state index is 12.8. The molecule has 1 aliphatic heterocycles. The molecule has 6 nitrogen and oxygen atoms in total. The van der Waals surface area contributed by atoms with E-state index >= 15 is 0 Å². The molecule has 1 aromatic rings. The lowest BCUT2D eigenvalue weighted by Gasteiger charge is -2.37. The van der Waals surface area contributed by atoms with Crippen molar-refractivity contribution in [3.63, 3.8) is 0 Å². The fourth-order valence-corrected chi connectivity index (χ4v) is 4.38. The van der Waals surface area contributed by atoms with Crippen LogP contribution in [-0.2, 0) is 16.6 Å². The van der Waals surface area contributed by atoms with Crippen LogP contribution in [0, 0.1) is 0 Å². The molecule has 0 saturated carbocycles.